The van der Waals surface area contributed by atoms with Gasteiger partial charge in [0.2, 0.25) is 0 Å². The molecule has 0 bridgehead atoms. The first kappa shape index (κ1) is 10.3. The van der Waals surface area contributed by atoms with Crippen molar-refractivity contribution in [2.75, 3.05) is 18.2 Å². The van der Waals surface area contributed by atoms with Gasteiger partial charge in [0.1, 0.15) is 0 Å². The van der Waals surface area contributed by atoms with E-state index in [1.54, 1.807) is 11.8 Å². The lowest BCUT2D eigenvalue weighted by Gasteiger charge is -2.06. The van der Waals surface area contributed by atoms with E-state index in [-0.39, 0.29) is 11.2 Å². The Balaban J connectivity index is 3.41. The predicted molar refractivity (Wildman–Crippen MR) is 47.7 cm³/mol. The number of carbonyl (C=O) groups is 1. The molecule has 0 aromatic carbocycles. The number of methoxy groups -OCH3 is 1. The number of thioether (sulfide) groups is 1. The van der Waals surface area contributed by atoms with Gasteiger partial charge in [-0.2, -0.15) is 0 Å². The van der Waals surface area contributed by atoms with Crippen molar-refractivity contribution in [3.63, 3.8) is 0 Å². The van der Waals surface area contributed by atoms with Gasteiger partial charge in [-0.25, -0.2) is 0 Å². The monoisotopic (exact) mass is 226 g/mol. The van der Waals surface area contributed by atoms with E-state index in [0.717, 1.165) is 11.1 Å². The zero-order valence-electron chi connectivity index (χ0n) is 6.09. The van der Waals surface area contributed by atoms with Crippen molar-refractivity contribution in [1.82, 2.24) is 0 Å². The molecule has 0 aliphatic carbocycles. The molecule has 0 radical (unpaired) electrons. The van der Waals surface area contributed by atoms with Gasteiger partial charge in [0.25, 0.3) is 0 Å². The third kappa shape index (κ3) is 4.17. The third-order valence-electron chi connectivity index (χ3n) is 0.978. The fourth-order valence-corrected chi connectivity index (χ4v) is 1.69. The Morgan fingerprint density at radius 2 is 2.40 bits per heavy atom. The van der Waals surface area contributed by atoms with Crippen molar-refractivity contribution in [3.05, 3.63) is 0 Å². The zero-order chi connectivity index (χ0) is 7.98. The van der Waals surface area contributed by atoms with Crippen LogP contribution in [0.5, 0.6) is 0 Å². The van der Waals surface area contributed by atoms with Crippen LogP contribution in [-0.2, 0) is 9.53 Å². The summed E-state index contributed by atoms with van der Waals surface area (Å²) >= 11 is 4.86. The minimum atomic E-state index is -0.147. The van der Waals surface area contributed by atoms with E-state index in [0.29, 0.717) is 0 Å². The van der Waals surface area contributed by atoms with Crippen LogP contribution >= 0.6 is 27.7 Å². The highest BCUT2D eigenvalue weighted by Gasteiger charge is 2.11. The van der Waals surface area contributed by atoms with Crippen LogP contribution in [0.1, 0.15) is 6.92 Å². The number of carbonyl (C=O) groups excluding carboxylic acids is 1. The maximum Gasteiger partial charge on any atom is 0.318 e. The van der Waals surface area contributed by atoms with Crippen molar-refractivity contribution in [1.29, 1.82) is 0 Å². The van der Waals surface area contributed by atoms with Crippen LogP contribution in [0.2, 0.25) is 0 Å². The largest absolute Gasteiger partial charge is 0.468 e. The minimum absolute atomic E-state index is 0.0393. The number of esters is 1. The number of ether oxygens (including phenoxy) is 1. The first-order valence-electron chi connectivity index (χ1n) is 2.97. The van der Waals surface area contributed by atoms with Crippen molar-refractivity contribution >= 4 is 33.7 Å². The van der Waals surface area contributed by atoms with Gasteiger partial charge in [-0.3, -0.25) is 4.79 Å². The summed E-state index contributed by atoms with van der Waals surface area (Å²) < 4.78 is 4.53. The number of alkyl halides is 1. The Bertz CT molecular complexity index is 108. The van der Waals surface area contributed by atoms with Crippen LogP contribution in [0.15, 0.2) is 0 Å². The average Bonchev–Trinajstić information content (AvgIpc) is 1.98. The molecule has 0 spiro atoms. The van der Waals surface area contributed by atoms with E-state index in [1.165, 1.54) is 7.11 Å². The van der Waals surface area contributed by atoms with Crippen molar-refractivity contribution in [2.45, 2.75) is 12.2 Å². The maximum atomic E-state index is 10.8. The SMILES string of the molecule is COC(=O)C(C)SCCBr. The predicted octanol–water partition coefficient (Wildman–Crippen LogP) is 1.68. The highest BCUT2D eigenvalue weighted by molar-refractivity contribution is 9.09. The molecular formula is C6H11BrO2S. The van der Waals surface area contributed by atoms with Gasteiger partial charge in [-0.05, 0) is 6.92 Å². The average molecular weight is 227 g/mol. The van der Waals surface area contributed by atoms with Gasteiger partial charge in [-0.15, -0.1) is 11.8 Å². The molecule has 0 rings (SSSR count). The molecule has 0 heterocycles. The van der Waals surface area contributed by atoms with Gasteiger partial charge in [0, 0.05) is 11.1 Å². The van der Waals surface area contributed by atoms with Gasteiger partial charge in [0.15, 0.2) is 0 Å². The van der Waals surface area contributed by atoms with Crippen LogP contribution in [0.3, 0.4) is 0 Å². The van der Waals surface area contributed by atoms with Gasteiger partial charge >= 0.3 is 5.97 Å². The third-order valence-corrected chi connectivity index (χ3v) is 3.03. The maximum absolute atomic E-state index is 10.8. The second-order valence-electron chi connectivity index (χ2n) is 1.73. The van der Waals surface area contributed by atoms with Crippen LogP contribution in [0.4, 0.5) is 0 Å². The normalized spacial score (nSPS) is 12.7. The molecule has 10 heavy (non-hydrogen) atoms. The molecule has 2 nitrogen and oxygen atoms in total. The Morgan fingerprint density at radius 3 is 2.80 bits per heavy atom. The summed E-state index contributed by atoms with van der Waals surface area (Å²) in [6.45, 7) is 1.85. The van der Waals surface area contributed by atoms with Crippen LogP contribution < -0.4 is 0 Å². The van der Waals surface area contributed by atoms with E-state index in [2.05, 4.69) is 20.7 Å². The van der Waals surface area contributed by atoms with Crippen LogP contribution in [-0.4, -0.2) is 29.4 Å². The lowest BCUT2D eigenvalue weighted by atomic mass is 10.5. The fraction of sp³-hybridized carbons (Fsp3) is 0.833. The molecule has 0 saturated carbocycles. The van der Waals surface area contributed by atoms with Crippen molar-refractivity contribution < 1.29 is 9.53 Å². The molecular weight excluding hydrogens is 216 g/mol. The van der Waals surface area contributed by atoms with E-state index in [1.807, 2.05) is 6.92 Å². The molecule has 0 saturated heterocycles. The van der Waals surface area contributed by atoms with Crippen molar-refractivity contribution in [3.8, 4) is 0 Å². The second kappa shape index (κ2) is 6.04. The molecule has 4 heteroatoms. The Labute approximate surface area is 73.8 Å². The van der Waals surface area contributed by atoms with E-state index in [4.69, 9.17) is 0 Å². The zero-order valence-corrected chi connectivity index (χ0v) is 8.50. The molecule has 60 valence electrons. The summed E-state index contributed by atoms with van der Waals surface area (Å²) in [5.74, 6) is 0.793. The number of halogens is 1. The van der Waals surface area contributed by atoms with Crippen molar-refractivity contribution in [2.24, 2.45) is 0 Å². The summed E-state index contributed by atoms with van der Waals surface area (Å²) in [7, 11) is 1.41. The number of rotatable bonds is 4. The van der Waals surface area contributed by atoms with Crippen LogP contribution in [0.25, 0.3) is 0 Å². The van der Waals surface area contributed by atoms with Crippen LogP contribution in [0, 0.1) is 0 Å². The summed E-state index contributed by atoms with van der Waals surface area (Å²) in [5, 5.41) is 0.876. The van der Waals surface area contributed by atoms with Gasteiger partial charge < -0.3 is 4.74 Å². The van der Waals surface area contributed by atoms with E-state index in [9.17, 15) is 4.79 Å². The van der Waals surface area contributed by atoms with E-state index >= 15 is 0 Å². The molecule has 0 aromatic rings. The lowest BCUT2D eigenvalue weighted by molar-refractivity contribution is -0.139. The Hall–Kier alpha value is 0.300. The second-order valence-corrected chi connectivity index (χ2v) is 3.97. The van der Waals surface area contributed by atoms with E-state index < -0.39 is 0 Å². The molecule has 0 amide bonds. The fourth-order valence-electron chi connectivity index (χ4n) is 0.455. The standard InChI is InChI=1S/C6H11BrO2S/c1-5(6(8)9-2)10-4-3-7/h5H,3-4H2,1-2H3. The summed E-state index contributed by atoms with van der Waals surface area (Å²) in [5.41, 5.74) is 0. The first-order chi connectivity index (χ1) is 4.72. The molecule has 0 aliphatic rings. The summed E-state index contributed by atoms with van der Waals surface area (Å²) in [6, 6.07) is 0. The topological polar surface area (TPSA) is 26.3 Å². The Morgan fingerprint density at radius 1 is 1.80 bits per heavy atom. The molecule has 0 aliphatic heterocycles. The molecule has 0 aromatic heterocycles. The number of hydrogen-bond donors (Lipinski definition) is 0. The molecule has 0 N–H and O–H groups in total. The minimum Gasteiger partial charge on any atom is -0.468 e. The van der Waals surface area contributed by atoms with Gasteiger partial charge in [0.05, 0.1) is 12.4 Å². The quantitative estimate of drug-likeness (QED) is 0.539. The number of hydrogen-bond acceptors (Lipinski definition) is 3. The smallest absolute Gasteiger partial charge is 0.318 e. The lowest BCUT2D eigenvalue weighted by Crippen LogP contribution is -2.15. The highest BCUT2D eigenvalue weighted by Crippen LogP contribution is 2.11. The Kier molecular flexibility index (Phi) is 6.22. The molecule has 0 fully saturated rings. The first-order valence-corrected chi connectivity index (χ1v) is 5.14. The summed E-state index contributed by atoms with van der Waals surface area (Å²) in [4.78, 5) is 10.8. The molecule has 1 atom stereocenters. The summed E-state index contributed by atoms with van der Waals surface area (Å²) in [6.07, 6.45) is 0. The van der Waals surface area contributed by atoms with Gasteiger partial charge in [-0.1, -0.05) is 15.9 Å². The molecule has 1 unspecified atom stereocenters. The highest BCUT2D eigenvalue weighted by atomic mass is 79.9.